The number of β-amino-alcohol motifs (C(OH)–C–C–N with tert-alkyl or cyclic N) is 1. The lowest BCUT2D eigenvalue weighted by Gasteiger charge is -2.17. The number of anilines is 1. The van der Waals surface area contributed by atoms with E-state index in [4.69, 9.17) is 0 Å². The molecule has 3 heterocycles. The van der Waals surface area contributed by atoms with Gasteiger partial charge in [0.25, 0.3) is 6.43 Å². The van der Waals surface area contributed by atoms with E-state index in [9.17, 15) is 13.9 Å². The summed E-state index contributed by atoms with van der Waals surface area (Å²) in [5.41, 5.74) is 0.0158. The van der Waals surface area contributed by atoms with Crippen LogP contribution >= 0.6 is 0 Å². The highest BCUT2D eigenvalue weighted by Crippen LogP contribution is 2.24. The van der Waals surface area contributed by atoms with Crippen molar-refractivity contribution in [1.29, 1.82) is 0 Å². The molecule has 1 unspecified atom stereocenters. The van der Waals surface area contributed by atoms with Crippen LogP contribution in [0.4, 0.5) is 14.6 Å². The molecule has 0 aromatic carbocycles. The molecule has 1 aliphatic heterocycles. The van der Waals surface area contributed by atoms with Crippen molar-refractivity contribution in [2.45, 2.75) is 25.9 Å². The van der Waals surface area contributed by atoms with Gasteiger partial charge < -0.3 is 10.0 Å². The molecule has 1 aliphatic rings. The molecule has 25 heavy (non-hydrogen) atoms. The summed E-state index contributed by atoms with van der Waals surface area (Å²) in [4.78, 5) is 18.2. The molecule has 132 valence electrons. The first-order valence-corrected chi connectivity index (χ1v) is 7.76. The maximum absolute atomic E-state index is 13.0. The number of nitrogens with zero attached hydrogens (tertiary/aromatic N) is 6. The largest absolute Gasteiger partial charge is 0.391 e. The SMILES string of the molecule is C=N/C(=C\n1c(-c2nccc(N3CCC(O)C3)n2)cnc1C)C(F)F. The van der Waals surface area contributed by atoms with E-state index in [1.807, 2.05) is 4.90 Å². The number of aliphatic hydroxyl groups excluding tert-OH is 1. The highest BCUT2D eigenvalue weighted by atomic mass is 19.3. The van der Waals surface area contributed by atoms with Gasteiger partial charge in [-0.25, -0.2) is 23.7 Å². The minimum absolute atomic E-state index is 0.355. The van der Waals surface area contributed by atoms with Gasteiger partial charge in [-0.2, -0.15) is 0 Å². The number of hydrogen-bond donors (Lipinski definition) is 1. The Morgan fingerprint density at radius 1 is 1.48 bits per heavy atom. The average molecular weight is 348 g/mol. The summed E-state index contributed by atoms with van der Waals surface area (Å²) in [5.74, 6) is 1.53. The molecular formula is C16H18F2N6O. The third-order valence-corrected chi connectivity index (χ3v) is 4.01. The smallest absolute Gasteiger partial charge is 0.281 e. The van der Waals surface area contributed by atoms with E-state index in [-0.39, 0.29) is 6.10 Å². The molecule has 1 saturated heterocycles. The molecule has 0 bridgehead atoms. The Morgan fingerprint density at radius 3 is 2.92 bits per heavy atom. The van der Waals surface area contributed by atoms with Crippen LogP contribution in [0.15, 0.2) is 29.1 Å². The van der Waals surface area contributed by atoms with Crippen LogP contribution in [0.25, 0.3) is 17.7 Å². The van der Waals surface area contributed by atoms with Crippen molar-refractivity contribution in [3.63, 3.8) is 0 Å². The van der Waals surface area contributed by atoms with Gasteiger partial charge in [-0.1, -0.05) is 0 Å². The quantitative estimate of drug-likeness (QED) is 0.836. The normalized spacial score (nSPS) is 18.2. The Kier molecular flexibility index (Phi) is 4.84. The number of halogens is 2. The topological polar surface area (TPSA) is 79.4 Å². The van der Waals surface area contributed by atoms with Gasteiger partial charge in [-0.3, -0.25) is 9.56 Å². The van der Waals surface area contributed by atoms with Crippen LogP contribution in [0.2, 0.25) is 0 Å². The van der Waals surface area contributed by atoms with E-state index in [0.29, 0.717) is 42.7 Å². The lowest BCUT2D eigenvalue weighted by atomic mass is 10.3. The fraction of sp³-hybridized carbons (Fsp3) is 0.375. The molecule has 7 nitrogen and oxygen atoms in total. The number of aromatic nitrogens is 4. The molecule has 0 spiro atoms. The van der Waals surface area contributed by atoms with Crippen molar-refractivity contribution in [2.24, 2.45) is 4.99 Å². The molecule has 0 aliphatic carbocycles. The minimum atomic E-state index is -2.74. The highest BCUT2D eigenvalue weighted by molar-refractivity contribution is 5.58. The molecule has 1 atom stereocenters. The zero-order valence-corrected chi connectivity index (χ0v) is 13.7. The zero-order valence-electron chi connectivity index (χ0n) is 13.7. The lowest BCUT2D eigenvalue weighted by molar-refractivity contribution is 0.189. The van der Waals surface area contributed by atoms with E-state index < -0.39 is 12.1 Å². The molecule has 0 amide bonds. The molecule has 2 aromatic heterocycles. The number of imidazole rings is 1. The van der Waals surface area contributed by atoms with Crippen LogP contribution in [0.5, 0.6) is 0 Å². The maximum atomic E-state index is 13.0. The second-order valence-corrected chi connectivity index (χ2v) is 5.70. The van der Waals surface area contributed by atoms with Crippen molar-refractivity contribution in [3.05, 3.63) is 30.0 Å². The molecule has 1 N–H and O–H groups in total. The summed E-state index contributed by atoms with van der Waals surface area (Å²) < 4.78 is 27.4. The maximum Gasteiger partial charge on any atom is 0.281 e. The van der Waals surface area contributed by atoms with Crippen LogP contribution in [-0.2, 0) is 0 Å². The van der Waals surface area contributed by atoms with E-state index in [0.717, 1.165) is 0 Å². The van der Waals surface area contributed by atoms with Crippen molar-refractivity contribution < 1.29 is 13.9 Å². The summed E-state index contributed by atoms with van der Waals surface area (Å²) in [7, 11) is 0. The van der Waals surface area contributed by atoms with Gasteiger partial charge in [0.05, 0.1) is 12.3 Å². The number of hydrogen-bond acceptors (Lipinski definition) is 6. The van der Waals surface area contributed by atoms with Gasteiger partial charge in [-0.15, -0.1) is 0 Å². The Balaban J connectivity index is 1.99. The number of aliphatic imine (C=N–C) groups is 1. The Labute approximate surface area is 143 Å². The van der Waals surface area contributed by atoms with Crippen LogP contribution in [0, 0.1) is 6.92 Å². The zero-order chi connectivity index (χ0) is 18.0. The highest BCUT2D eigenvalue weighted by Gasteiger charge is 2.22. The summed E-state index contributed by atoms with van der Waals surface area (Å²) in [6.45, 7) is 6.07. The van der Waals surface area contributed by atoms with Gasteiger partial charge in [0.2, 0.25) is 0 Å². The fourth-order valence-electron chi connectivity index (χ4n) is 2.68. The van der Waals surface area contributed by atoms with Gasteiger partial charge in [0, 0.05) is 25.5 Å². The standard InChI is InChI=1S/C16H18F2N6O/c1-10-21-7-13(24(10)9-12(19-2)15(17)18)16-20-5-3-14(22-16)23-6-4-11(25)8-23/h3,5,7,9,11,15,25H,2,4,6,8H2,1H3/b12-9-. The van der Waals surface area contributed by atoms with Gasteiger partial charge in [0.1, 0.15) is 23.0 Å². The minimum Gasteiger partial charge on any atom is -0.391 e. The predicted octanol–water partition coefficient (Wildman–Crippen LogP) is 1.98. The average Bonchev–Trinajstić information content (AvgIpc) is 3.18. The summed E-state index contributed by atoms with van der Waals surface area (Å²) >= 11 is 0. The second kappa shape index (κ2) is 7.06. The van der Waals surface area contributed by atoms with Crippen molar-refractivity contribution in [2.75, 3.05) is 18.0 Å². The number of alkyl halides is 2. The molecule has 0 saturated carbocycles. The van der Waals surface area contributed by atoms with Crippen molar-refractivity contribution in [3.8, 4) is 11.5 Å². The number of allylic oxidation sites excluding steroid dienone is 1. The third-order valence-electron chi connectivity index (χ3n) is 4.01. The third kappa shape index (κ3) is 3.55. The Hall–Kier alpha value is -2.68. The van der Waals surface area contributed by atoms with Crippen LogP contribution < -0.4 is 4.90 Å². The van der Waals surface area contributed by atoms with E-state index in [2.05, 4.69) is 26.7 Å². The lowest BCUT2D eigenvalue weighted by Crippen LogP contribution is -2.22. The summed E-state index contributed by atoms with van der Waals surface area (Å²) in [6, 6.07) is 1.75. The van der Waals surface area contributed by atoms with E-state index in [1.54, 1.807) is 19.2 Å². The molecule has 9 heteroatoms. The number of aliphatic hydroxyl groups is 1. The second-order valence-electron chi connectivity index (χ2n) is 5.70. The van der Waals surface area contributed by atoms with Gasteiger partial charge in [-0.05, 0) is 26.1 Å². The first-order chi connectivity index (χ1) is 12.0. The first kappa shape index (κ1) is 17.2. The molecule has 3 rings (SSSR count). The monoisotopic (exact) mass is 348 g/mol. The Bertz CT molecular complexity index is 804. The molecule has 0 radical (unpaired) electrons. The van der Waals surface area contributed by atoms with Gasteiger partial charge in [0.15, 0.2) is 5.82 Å². The molecular weight excluding hydrogens is 330 g/mol. The van der Waals surface area contributed by atoms with Crippen LogP contribution in [0.1, 0.15) is 12.2 Å². The first-order valence-electron chi connectivity index (χ1n) is 7.76. The van der Waals surface area contributed by atoms with Crippen molar-refractivity contribution in [1.82, 2.24) is 19.5 Å². The fourth-order valence-corrected chi connectivity index (χ4v) is 2.68. The summed E-state index contributed by atoms with van der Waals surface area (Å²) in [6.07, 6.45) is 1.87. The van der Waals surface area contributed by atoms with Crippen molar-refractivity contribution >= 4 is 18.7 Å². The van der Waals surface area contributed by atoms with E-state index in [1.165, 1.54) is 17.0 Å². The number of rotatable bonds is 5. The molecule has 1 fully saturated rings. The predicted molar refractivity (Wildman–Crippen MR) is 90.7 cm³/mol. The molecule has 2 aromatic rings. The van der Waals surface area contributed by atoms with Crippen LogP contribution in [0.3, 0.4) is 0 Å². The Morgan fingerprint density at radius 2 is 2.28 bits per heavy atom. The van der Waals surface area contributed by atoms with Crippen LogP contribution in [-0.4, -0.2) is 57.0 Å². The number of aryl methyl sites for hydroxylation is 1. The summed E-state index contributed by atoms with van der Waals surface area (Å²) in [5, 5.41) is 9.68. The van der Waals surface area contributed by atoms with Gasteiger partial charge >= 0.3 is 0 Å². The van der Waals surface area contributed by atoms with E-state index >= 15 is 0 Å².